The Balaban J connectivity index is 2.61. The fraction of sp³-hybridized carbons (Fsp3) is 0.538. The molecule has 0 aromatic heterocycles. The first-order valence-corrected chi connectivity index (χ1v) is 9.61. The van der Waals surface area contributed by atoms with Gasteiger partial charge in [-0.2, -0.15) is 0 Å². The third kappa shape index (κ3) is 5.70. The van der Waals surface area contributed by atoms with Gasteiger partial charge in [0.05, 0.1) is 4.90 Å². The van der Waals surface area contributed by atoms with Crippen LogP contribution in [-0.4, -0.2) is 37.2 Å². The van der Waals surface area contributed by atoms with Gasteiger partial charge < -0.3 is 5.32 Å². The van der Waals surface area contributed by atoms with Crippen molar-refractivity contribution in [1.29, 1.82) is 0 Å². The van der Waals surface area contributed by atoms with Gasteiger partial charge in [-0.1, -0.05) is 26.0 Å². The highest BCUT2D eigenvalue weighted by molar-refractivity contribution is 7.89. The third-order valence-corrected chi connectivity index (χ3v) is 5.54. The largest absolute Gasteiger partial charge is 0.313 e. The smallest absolute Gasteiger partial charge is 0.240 e. The Morgan fingerprint density at radius 3 is 2.35 bits per heavy atom. The van der Waals surface area contributed by atoms with Crippen LogP contribution in [0.3, 0.4) is 0 Å². The van der Waals surface area contributed by atoms with Gasteiger partial charge in [-0.3, -0.25) is 4.21 Å². The Hall–Kier alpha value is -0.760. The van der Waals surface area contributed by atoms with Gasteiger partial charge in [0.1, 0.15) is 0 Å². The summed E-state index contributed by atoms with van der Waals surface area (Å²) in [6, 6.07) is 6.76. The summed E-state index contributed by atoms with van der Waals surface area (Å²) in [6.07, 6.45) is 0. The molecule has 0 aliphatic heterocycles. The highest BCUT2D eigenvalue weighted by atomic mass is 32.2. The molecule has 1 atom stereocenters. The number of sulfonamides is 1. The maximum atomic E-state index is 12.0. The van der Waals surface area contributed by atoms with Gasteiger partial charge in [-0.15, -0.1) is 0 Å². The molecule has 0 heterocycles. The van der Waals surface area contributed by atoms with Crippen LogP contribution in [0.15, 0.2) is 29.2 Å². The van der Waals surface area contributed by atoms with Crippen LogP contribution in [0, 0.1) is 0 Å². The average Bonchev–Trinajstić information content (AvgIpc) is 2.45. The standard InChI is InChI=1S/C13H22N2O3S2/c1-3-14-11-12-5-7-13(8-6-12)20(17,18)15-9-10-19(16)4-2/h5-8,14-15H,3-4,9-11H2,1-2H3. The molecule has 2 N–H and O–H groups in total. The maximum Gasteiger partial charge on any atom is 0.240 e. The van der Waals surface area contributed by atoms with E-state index in [1.54, 1.807) is 24.3 Å². The minimum absolute atomic E-state index is 0.196. The first-order chi connectivity index (χ1) is 9.49. The van der Waals surface area contributed by atoms with E-state index < -0.39 is 20.8 Å². The molecule has 7 heteroatoms. The van der Waals surface area contributed by atoms with Crippen molar-refractivity contribution in [2.45, 2.75) is 25.3 Å². The SMILES string of the molecule is CCNCc1ccc(S(=O)(=O)NCCS(=O)CC)cc1. The molecule has 0 spiro atoms. The van der Waals surface area contributed by atoms with Crippen LogP contribution in [0.5, 0.6) is 0 Å². The summed E-state index contributed by atoms with van der Waals surface area (Å²) in [7, 11) is -4.47. The van der Waals surface area contributed by atoms with E-state index in [0.717, 1.165) is 18.7 Å². The quantitative estimate of drug-likeness (QED) is 0.707. The van der Waals surface area contributed by atoms with E-state index in [4.69, 9.17) is 0 Å². The van der Waals surface area contributed by atoms with Crippen LogP contribution in [-0.2, 0) is 27.4 Å². The summed E-state index contributed by atoms with van der Waals surface area (Å²) in [5.74, 6) is 0.884. The first kappa shape index (κ1) is 17.3. The Morgan fingerprint density at radius 1 is 1.15 bits per heavy atom. The molecule has 0 saturated carbocycles. The molecule has 114 valence electrons. The molecule has 0 fully saturated rings. The highest BCUT2D eigenvalue weighted by Gasteiger charge is 2.13. The average molecular weight is 318 g/mol. The van der Waals surface area contributed by atoms with Gasteiger partial charge in [0.15, 0.2) is 0 Å². The van der Waals surface area contributed by atoms with Gasteiger partial charge in [0.2, 0.25) is 10.0 Å². The molecule has 0 aliphatic carbocycles. The van der Waals surface area contributed by atoms with Crippen molar-refractivity contribution in [3.8, 4) is 0 Å². The summed E-state index contributed by atoms with van der Waals surface area (Å²) < 4.78 is 37.7. The van der Waals surface area contributed by atoms with E-state index in [2.05, 4.69) is 10.0 Å². The molecule has 1 aromatic rings. The topological polar surface area (TPSA) is 75.3 Å². The zero-order chi connectivity index (χ0) is 15.0. The van der Waals surface area contributed by atoms with E-state index in [-0.39, 0.29) is 11.4 Å². The number of hydrogen-bond acceptors (Lipinski definition) is 4. The molecule has 5 nitrogen and oxygen atoms in total. The molecule has 0 bridgehead atoms. The van der Waals surface area contributed by atoms with Crippen molar-refractivity contribution in [1.82, 2.24) is 10.0 Å². The second-order valence-corrected chi connectivity index (χ2v) is 7.89. The lowest BCUT2D eigenvalue weighted by Crippen LogP contribution is -2.28. The van der Waals surface area contributed by atoms with Gasteiger partial charge in [0.25, 0.3) is 0 Å². The van der Waals surface area contributed by atoms with Gasteiger partial charge >= 0.3 is 0 Å². The second kappa shape index (κ2) is 8.51. The minimum Gasteiger partial charge on any atom is -0.313 e. The van der Waals surface area contributed by atoms with E-state index in [1.807, 2.05) is 13.8 Å². The van der Waals surface area contributed by atoms with E-state index in [1.165, 1.54) is 0 Å². The fourth-order valence-corrected chi connectivity index (χ4v) is 3.35. The van der Waals surface area contributed by atoms with Crippen LogP contribution in [0.25, 0.3) is 0 Å². The van der Waals surface area contributed by atoms with Crippen LogP contribution < -0.4 is 10.0 Å². The maximum absolute atomic E-state index is 12.0. The molecule has 1 aromatic carbocycles. The molecule has 0 radical (unpaired) electrons. The van der Waals surface area contributed by atoms with Gasteiger partial charge in [-0.25, -0.2) is 13.1 Å². The number of nitrogens with one attached hydrogen (secondary N) is 2. The molecule has 0 aliphatic rings. The molecule has 0 saturated heterocycles. The van der Waals surface area contributed by atoms with E-state index >= 15 is 0 Å². The number of hydrogen-bond donors (Lipinski definition) is 2. The minimum atomic E-state index is -3.51. The molecule has 0 amide bonds. The molecule has 1 rings (SSSR count). The zero-order valence-electron chi connectivity index (χ0n) is 11.9. The summed E-state index contributed by atoms with van der Waals surface area (Å²) in [4.78, 5) is 0.236. The molecule has 1 unspecified atom stereocenters. The van der Waals surface area contributed by atoms with Gasteiger partial charge in [-0.05, 0) is 24.2 Å². The monoisotopic (exact) mass is 318 g/mol. The molecular formula is C13H22N2O3S2. The summed E-state index contributed by atoms with van der Waals surface area (Å²) in [5, 5.41) is 3.18. The Morgan fingerprint density at radius 2 is 1.80 bits per heavy atom. The lowest BCUT2D eigenvalue weighted by atomic mass is 10.2. The lowest BCUT2D eigenvalue weighted by molar-refractivity contribution is 0.584. The van der Waals surface area contributed by atoms with Crippen molar-refractivity contribution < 1.29 is 12.6 Å². The Kier molecular flexibility index (Phi) is 7.36. The van der Waals surface area contributed by atoms with Crippen molar-refractivity contribution in [3.63, 3.8) is 0 Å². The highest BCUT2D eigenvalue weighted by Crippen LogP contribution is 2.10. The zero-order valence-corrected chi connectivity index (χ0v) is 13.5. The van der Waals surface area contributed by atoms with Crippen molar-refractivity contribution in [3.05, 3.63) is 29.8 Å². The van der Waals surface area contributed by atoms with Crippen LogP contribution in [0.1, 0.15) is 19.4 Å². The predicted molar refractivity (Wildman–Crippen MR) is 82.6 cm³/mol. The van der Waals surface area contributed by atoms with Crippen molar-refractivity contribution in [2.24, 2.45) is 0 Å². The predicted octanol–water partition coefficient (Wildman–Crippen LogP) is 0.843. The van der Waals surface area contributed by atoms with Crippen molar-refractivity contribution >= 4 is 20.8 Å². The first-order valence-electron chi connectivity index (χ1n) is 6.64. The van der Waals surface area contributed by atoms with Crippen LogP contribution in [0.2, 0.25) is 0 Å². The molecular weight excluding hydrogens is 296 g/mol. The fourth-order valence-electron chi connectivity index (χ4n) is 1.57. The Bertz CT molecular complexity index is 527. The van der Waals surface area contributed by atoms with Crippen LogP contribution >= 0.6 is 0 Å². The summed E-state index contributed by atoms with van der Waals surface area (Å²) in [5.41, 5.74) is 1.04. The van der Waals surface area contributed by atoms with Gasteiger partial charge in [0, 0.05) is 35.4 Å². The van der Waals surface area contributed by atoms with Crippen molar-refractivity contribution in [2.75, 3.05) is 24.6 Å². The Labute approximate surface area is 123 Å². The summed E-state index contributed by atoms with van der Waals surface area (Å²) >= 11 is 0. The second-order valence-electron chi connectivity index (χ2n) is 4.25. The molecule has 20 heavy (non-hydrogen) atoms. The van der Waals surface area contributed by atoms with E-state index in [9.17, 15) is 12.6 Å². The van der Waals surface area contributed by atoms with Crippen LogP contribution in [0.4, 0.5) is 0 Å². The normalized spacial score (nSPS) is 13.3. The number of rotatable bonds is 9. The lowest BCUT2D eigenvalue weighted by Gasteiger charge is -2.07. The summed E-state index contributed by atoms with van der Waals surface area (Å²) in [6.45, 7) is 5.62. The number of benzene rings is 1. The van der Waals surface area contributed by atoms with E-state index in [0.29, 0.717) is 11.5 Å². The third-order valence-electron chi connectivity index (χ3n) is 2.76.